The molecule has 1 aliphatic heterocycles. The van der Waals surface area contributed by atoms with Gasteiger partial charge < -0.3 is 9.84 Å². The normalized spacial score (nSPS) is 18.9. The Hall–Kier alpha value is -1.24. The summed E-state index contributed by atoms with van der Waals surface area (Å²) in [5.74, 6) is 0.189. The first kappa shape index (κ1) is 16.1. The average molecular weight is 300 g/mol. The van der Waals surface area contributed by atoms with Gasteiger partial charge in [-0.3, -0.25) is 9.80 Å². The van der Waals surface area contributed by atoms with Crippen molar-refractivity contribution in [1.29, 1.82) is 0 Å². The highest BCUT2D eigenvalue weighted by Gasteiger charge is 2.21. The van der Waals surface area contributed by atoms with Crippen LogP contribution < -0.4 is 4.74 Å². The van der Waals surface area contributed by atoms with E-state index in [0.29, 0.717) is 0 Å². The molecule has 1 fully saturated rings. The lowest BCUT2D eigenvalue weighted by Crippen LogP contribution is -2.47. The molecule has 118 valence electrons. The number of β-amino-alcohol motifs (C(OH)–C–C–N with tert-alkyl or cyclic N) is 1. The third-order valence-corrected chi connectivity index (χ3v) is 3.96. The molecule has 0 amide bonds. The van der Waals surface area contributed by atoms with Gasteiger partial charge in [0.05, 0.1) is 6.61 Å². The van der Waals surface area contributed by atoms with Crippen LogP contribution >= 0.6 is 0 Å². The number of benzene rings is 1. The van der Waals surface area contributed by atoms with Crippen molar-refractivity contribution in [3.05, 3.63) is 29.8 Å². The van der Waals surface area contributed by atoms with E-state index in [-0.39, 0.29) is 18.4 Å². The zero-order valence-corrected chi connectivity index (χ0v) is 12.2. The van der Waals surface area contributed by atoms with Crippen molar-refractivity contribution >= 4 is 0 Å². The van der Waals surface area contributed by atoms with E-state index < -0.39 is 6.61 Å². The molecular formula is C15H22F2N2O2. The Morgan fingerprint density at radius 1 is 1.14 bits per heavy atom. The molecule has 1 aromatic rings. The van der Waals surface area contributed by atoms with Gasteiger partial charge in [0.15, 0.2) is 0 Å². The van der Waals surface area contributed by atoms with Crippen LogP contribution in [0.1, 0.15) is 18.5 Å². The van der Waals surface area contributed by atoms with E-state index in [2.05, 4.69) is 21.5 Å². The Morgan fingerprint density at radius 2 is 1.76 bits per heavy atom. The van der Waals surface area contributed by atoms with E-state index in [4.69, 9.17) is 5.11 Å². The highest BCUT2D eigenvalue weighted by atomic mass is 19.3. The van der Waals surface area contributed by atoms with Crippen LogP contribution in [0.5, 0.6) is 5.75 Å². The zero-order chi connectivity index (χ0) is 15.2. The first-order chi connectivity index (χ1) is 10.1. The minimum absolute atomic E-state index is 0.189. The molecule has 1 aromatic carbocycles. The fraction of sp³-hybridized carbons (Fsp3) is 0.600. The van der Waals surface area contributed by atoms with Gasteiger partial charge in [-0.1, -0.05) is 12.1 Å². The Kier molecular flexibility index (Phi) is 5.90. The monoisotopic (exact) mass is 300 g/mol. The molecule has 21 heavy (non-hydrogen) atoms. The quantitative estimate of drug-likeness (QED) is 0.871. The van der Waals surface area contributed by atoms with E-state index in [1.807, 2.05) is 12.1 Å². The van der Waals surface area contributed by atoms with Crippen LogP contribution in [0, 0.1) is 0 Å². The largest absolute Gasteiger partial charge is 0.435 e. The topological polar surface area (TPSA) is 35.9 Å². The van der Waals surface area contributed by atoms with E-state index in [1.165, 1.54) is 0 Å². The molecule has 0 spiro atoms. The van der Waals surface area contributed by atoms with Crippen LogP contribution in [-0.2, 0) is 0 Å². The van der Waals surface area contributed by atoms with Crippen molar-refractivity contribution < 1.29 is 18.6 Å². The molecular weight excluding hydrogens is 278 g/mol. The van der Waals surface area contributed by atoms with E-state index in [9.17, 15) is 8.78 Å². The van der Waals surface area contributed by atoms with Gasteiger partial charge in [0, 0.05) is 38.8 Å². The van der Waals surface area contributed by atoms with Crippen molar-refractivity contribution in [3.8, 4) is 5.75 Å². The second-order valence-electron chi connectivity index (χ2n) is 5.22. The minimum atomic E-state index is -2.78. The second kappa shape index (κ2) is 7.68. The van der Waals surface area contributed by atoms with Crippen molar-refractivity contribution in [2.45, 2.75) is 19.6 Å². The van der Waals surface area contributed by atoms with Gasteiger partial charge in [0.25, 0.3) is 0 Å². The number of alkyl halides is 2. The number of hydrogen-bond acceptors (Lipinski definition) is 4. The summed E-state index contributed by atoms with van der Waals surface area (Å²) in [7, 11) is 0. The minimum Gasteiger partial charge on any atom is -0.435 e. The van der Waals surface area contributed by atoms with E-state index in [1.54, 1.807) is 12.1 Å². The maximum atomic E-state index is 12.1. The number of aliphatic hydroxyl groups is 1. The number of ether oxygens (including phenoxy) is 1. The summed E-state index contributed by atoms with van der Waals surface area (Å²) in [5, 5.41) is 8.94. The maximum Gasteiger partial charge on any atom is 0.387 e. The average Bonchev–Trinajstić information content (AvgIpc) is 2.48. The molecule has 1 saturated heterocycles. The summed E-state index contributed by atoms with van der Waals surface area (Å²) in [6.07, 6.45) is 0. The first-order valence-electron chi connectivity index (χ1n) is 7.22. The van der Waals surface area contributed by atoms with Crippen molar-refractivity contribution in [2.24, 2.45) is 0 Å². The molecule has 4 nitrogen and oxygen atoms in total. The molecule has 1 unspecified atom stereocenters. The van der Waals surface area contributed by atoms with Gasteiger partial charge in [-0.15, -0.1) is 0 Å². The summed E-state index contributed by atoms with van der Waals surface area (Å²) in [4.78, 5) is 4.60. The van der Waals surface area contributed by atoms with Gasteiger partial charge >= 0.3 is 6.61 Å². The Morgan fingerprint density at radius 3 is 2.29 bits per heavy atom. The predicted octanol–water partition coefficient (Wildman–Crippen LogP) is 1.96. The van der Waals surface area contributed by atoms with Gasteiger partial charge in [-0.25, -0.2) is 0 Å². The lowest BCUT2D eigenvalue weighted by molar-refractivity contribution is -0.0498. The Balaban J connectivity index is 1.90. The molecule has 1 N–H and O–H groups in total. The van der Waals surface area contributed by atoms with Gasteiger partial charge in [0.1, 0.15) is 5.75 Å². The molecule has 6 heteroatoms. The maximum absolute atomic E-state index is 12.1. The third kappa shape index (κ3) is 4.62. The highest BCUT2D eigenvalue weighted by Crippen LogP contribution is 2.24. The number of piperazine rings is 1. The number of hydrogen-bond donors (Lipinski definition) is 1. The predicted molar refractivity (Wildman–Crippen MR) is 76.6 cm³/mol. The molecule has 2 rings (SSSR count). The van der Waals surface area contributed by atoms with Crippen LogP contribution in [0.3, 0.4) is 0 Å². The second-order valence-corrected chi connectivity index (χ2v) is 5.22. The van der Waals surface area contributed by atoms with Crippen LogP contribution in [0.2, 0.25) is 0 Å². The van der Waals surface area contributed by atoms with Crippen LogP contribution in [0.25, 0.3) is 0 Å². The number of halogens is 2. The molecule has 1 atom stereocenters. The zero-order valence-electron chi connectivity index (χ0n) is 12.2. The first-order valence-corrected chi connectivity index (χ1v) is 7.22. The lowest BCUT2D eigenvalue weighted by Gasteiger charge is -2.38. The summed E-state index contributed by atoms with van der Waals surface area (Å²) in [6, 6.07) is 7.08. The fourth-order valence-corrected chi connectivity index (χ4v) is 2.65. The SMILES string of the molecule is CC(c1ccc(OC(F)F)cc1)N1CCN(CCO)CC1. The molecule has 0 aliphatic carbocycles. The van der Waals surface area contributed by atoms with Crippen molar-refractivity contribution in [1.82, 2.24) is 9.80 Å². The van der Waals surface area contributed by atoms with Gasteiger partial charge in [-0.05, 0) is 24.6 Å². The molecule has 0 radical (unpaired) electrons. The van der Waals surface area contributed by atoms with Gasteiger partial charge in [0.2, 0.25) is 0 Å². The van der Waals surface area contributed by atoms with Crippen LogP contribution in [-0.4, -0.2) is 60.8 Å². The molecule has 0 bridgehead atoms. The smallest absolute Gasteiger partial charge is 0.387 e. The fourth-order valence-electron chi connectivity index (χ4n) is 2.65. The van der Waals surface area contributed by atoms with E-state index in [0.717, 1.165) is 38.3 Å². The molecule has 0 aromatic heterocycles. The molecule has 1 heterocycles. The lowest BCUT2D eigenvalue weighted by atomic mass is 10.1. The summed E-state index contributed by atoms with van der Waals surface area (Å²) in [6.45, 7) is 4.02. The summed E-state index contributed by atoms with van der Waals surface area (Å²) < 4.78 is 28.6. The molecule has 0 saturated carbocycles. The number of nitrogens with zero attached hydrogens (tertiary/aromatic N) is 2. The van der Waals surface area contributed by atoms with Crippen molar-refractivity contribution in [2.75, 3.05) is 39.3 Å². The third-order valence-electron chi connectivity index (χ3n) is 3.96. The van der Waals surface area contributed by atoms with Crippen LogP contribution in [0.15, 0.2) is 24.3 Å². The Bertz CT molecular complexity index is 420. The van der Waals surface area contributed by atoms with E-state index >= 15 is 0 Å². The van der Waals surface area contributed by atoms with Gasteiger partial charge in [-0.2, -0.15) is 8.78 Å². The van der Waals surface area contributed by atoms with Crippen molar-refractivity contribution in [3.63, 3.8) is 0 Å². The number of aliphatic hydroxyl groups excluding tert-OH is 1. The molecule has 1 aliphatic rings. The highest BCUT2D eigenvalue weighted by molar-refractivity contribution is 5.29. The van der Waals surface area contributed by atoms with Crippen LogP contribution in [0.4, 0.5) is 8.78 Å². The standard InChI is InChI=1S/C15H22F2N2O2/c1-12(19-8-6-18(7-9-19)10-11-20)13-2-4-14(5-3-13)21-15(16)17/h2-5,12,15,20H,6-11H2,1H3. The Labute approximate surface area is 123 Å². The number of rotatable bonds is 6. The summed E-state index contributed by atoms with van der Waals surface area (Å²) >= 11 is 0. The summed E-state index contributed by atoms with van der Waals surface area (Å²) in [5.41, 5.74) is 1.09.